The second-order valence-electron chi connectivity index (χ2n) is 16.9. The highest BCUT2D eigenvalue weighted by molar-refractivity contribution is 5.31. The van der Waals surface area contributed by atoms with Crippen molar-refractivity contribution in [2.24, 2.45) is 0 Å². The van der Waals surface area contributed by atoms with E-state index in [1.807, 2.05) is 0 Å². The second-order valence-corrected chi connectivity index (χ2v) is 16.9. The van der Waals surface area contributed by atoms with Crippen molar-refractivity contribution in [3.63, 3.8) is 0 Å². The lowest BCUT2D eigenvalue weighted by atomic mass is 9.85. The summed E-state index contributed by atoms with van der Waals surface area (Å²) in [6, 6.07) is 29.5. The van der Waals surface area contributed by atoms with Crippen LogP contribution in [0.5, 0.6) is 0 Å². The summed E-state index contributed by atoms with van der Waals surface area (Å²) in [5, 5.41) is 17.5. The van der Waals surface area contributed by atoms with Crippen LogP contribution in [0.3, 0.4) is 0 Å². The standard InChI is InChI=1S/C48H64N8/c1-5-53-29-13-9-17-41(53)45-33-21-23-35(49-33)46(42-18-10-14-30-54(42)6-2)37-25-27-39(51-37)48(44-20-12-16-32-56(44)8-4)40-28-26-38(52-40)47(36-24-22-34(45)50-36)43-19-11-15-31-55(43)7-3/h9-21,23,26,28-40,45-52H,5-8,22,24-25,27H2,1-4H3/q+4. The third-order valence-corrected chi connectivity index (χ3v) is 14.2. The molecule has 3 saturated heterocycles. The molecule has 5 aliphatic heterocycles. The highest BCUT2D eigenvalue weighted by atomic mass is 15.1. The van der Waals surface area contributed by atoms with Crippen LogP contribution in [0.1, 0.15) is 99.8 Å². The van der Waals surface area contributed by atoms with Gasteiger partial charge in [0.15, 0.2) is 47.6 Å². The first-order valence-corrected chi connectivity index (χ1v) is 21.9. The lowest BCUT2D eigenvalue weighted by Gasteiger charge is -2.35. The van der Waals surface area contributed by atoms with E-state index in [4.69, 9.17) is 0 Å². The minimum atomic E-state index is 0.216. The molecule has 56 heavy (non-hydrogen) atoms. The van der Waals surface area contributed by atoms with Gasteiger partial charge >= 0.3 is 0 Å². The van der Waals surface area contributed by atoms with Gasteiger partial charge in [0, 0.05) is 96.9 Å². The molecule has 12 unspecified atom stereocenters. The summed E-state index contributed by atoms with van der Waals surface area (Å²) < 4.78 is 9.95. The predicted molar refractivity (Wildman–Crippen MR) is 220 cm³/mol. The first-order chi connectivity index (χ1) is 27.6. The lowest BCUT2D eigenvalue weighted by Crippen LogP contribution is -2.56. The van der Waals surface area contributed by atoms with Gasteiger partial charge in [-0.1, -0.05) is 48.6 Å². The average molecular weight is 753 g/mol. The molecular weight excluding hydrogens is 689 g/mol. The van der Waals surface area contributed by atoms with E-state index in [2.05, 4.69) is 189 Å². The van der Waals surface area contributed by atoms with Crippen molar-refractivity contribution < 1.29 is 18.3 Å². The zero-order valence-corrected chi connectivity index (χ0v) is 33.9. The van der Waals surface area contributed by atoms with Crippen molar-refractivity contribution in [1.29, 1.82) is 0 Å². The number of fused-ring (bicyclic) bond motifs is 8. The molecule has 12 atom stereocenters. The van der Waals surface area contributed by atoms with Crippen LogP contribution in [0.4, 0.5) is 0 Å². The number of pyridine rings is 4. The molecule has 8 nitrogen and oxygen atoms in total. The number of nitrogens with zero attached hydrogens (tertiary/aromatic N) is 4. The molecule has 0 radical (unpaired) electrons. The average Bonchev–Trinajstić information content (AvgIpc) is 4.10. The Kier molecular flexibility index (Phi) is 11.0. The fourth-order valence-electron chi connectivity index (χ4n) is 11.7. The Morgan fingerprint density at radius 2 is 0.625 bits per heavy atom. The normalized spacial score (nSPS) is 33.6. The van der Waals surface area contributed by atoms with E-state index in [0.29, 0.717) is 24.2 Å². The number of aryl methyl sites for hydroxylation is 4. The van der Waals surface area contributed by atoms with Gasteiger partial charge in [-0.15, -0.1) is 0 Å². The first-order valence-electron chi connectivity index (χ1n) is 21.9. The van der Waals surface area contributed by atoms with Crippen LogP contribution in [-0.4, -0.2) is 48.3 Å². The Morgan fingerprint density at radius 3 is 0.857 bits per heavy atom. The van der Waals surface area contributed by atoms with Gasteiger partial charge in [0.1, 0.15) is 26.2 Å². The van der Waals surface area contributed by atoms with Gasteiger partial charge in [-0.2, -0.15) is 0 Å². The maximum atomic E-state index is 4.40. The summed E-state index contributed by atoms with van der Waals surface area (Å²) in [5.41, 5.74) is 5.68. The summed E-state index contributed by atoms with van der Waals surface area (Å²) in [4.78, 5) is 0. The number of aromatic nitrogens is 4. The van der Waals surface area contributed by atoms with Crippen molar-refractivity contribution in [3.05, 3.63) is 145 Å². The molecule has 4 N–H and O–H groups in total. The van der Waals surface area contributed by atoms with Gasteiger partial charge in [-0.25, -0.2) is 18.3 Å². The molecule has 0 saturated carbocycles. The van der Waals surface area contributed by atoms with Gasteiger partial charge in [0.2, 0.25) is 0 Å². The van der Waals surface area contributed by atoms with E-state index < -0.39 is 0 Å². The zero-order chi connectivity index (χ0) is 38.2. The highest BCUT2D eigenvalue weighted by Gasteiger charge is 2.51. The summed E-state index contributed by atoms with van der Waals surface area (Å²) in [7, 11) is 0. The van der Waals surface area contributed by atoms with Gasteiger partial charge < -0.3 is 21.3 Å². The first kappa shape index (κ1) is 37.5. The van der Waals surface area contributed by atoms with Crippen LogP contribution in [-0.2, 0) is 26.2 Å². The van der Waals surface area contributed by atoms with Crippen LogP contribution in [0.25, 0.3) is 0 Å². The molecule has 8 bridgehead atoms. The Bertz CT molecular complexity index is 1760. The third kappa shape index (κ3) is 6.86. The largest absolute Gasteiger partial charge is 0.309 e. The van der Waals surface area contributed by atoms with Gasteiger partial charge in [0.05, 0.1) is 23.7 Å². The minimum Gasteiger partial charge on any atom is -0.309 e. The predicted octanol–water partition coefficient (Wildman–Crippen LogP) is 4.40. The molecule has 0 spiro atoms. The smallest absolute Gasteiger partial charge is 0.187 e. The van der Waals surface area contributed by atoms with Gasteiger partial charge in [0.25, 0.3) is 0 Å². The van der Waals surface area contributed by atoms with E-state index in [1.165, 1.54) is 22.8 Å². The molecular formula is C48H64N8+4. The molecule has 8 heteroatoms. The Labute approximate surface area is 334 Å². The summed E-state index contributed by atoms with van der Waals surface area (Å²) in [6.45, 7) is 13.0. The van der Waals surface area contributed by atoms with Gasteiger partial charge in [-0.05, 0) is 53.4 Å². The highest BCUT2D eigenvalue weighted by Crippen LogP contribution is 2.42. The molecule has 9 heterocycles. The molecule has 0 aromatic carbocycles. The number of rotatable bonds is 8. The summed E-state index contributed by atoms with van der Waals surface area (Å²) in [5.74, 6) is 1.15. The minimum absolute atomic E-state index is 0.216. The van der Waals surface area contributed by atoms with Crippen molar-refractivity contribution >= 4 is 0 Å². The summed E-state index contributed by atoms with van der Waals surface area (Å²) in [6.07, 6.45) is 23.9. The second kappa shape index (κ2) is 16.4. The van der Waals surface area contributed by atoms with Crippen molar-refractivity contribution in [2.45, 2.75) is 152 Å². The Hall–Kier alpha value is -4.08. The molecule has 4 aromatic rings. The molecule has 292 valence electrons. The zero-order valence-electron chi connectivity index (χ0n) is 33.9. The Balaban J connectivity index is 1.18. The van der Waals surface area contributed by atoms with E-state index in [1.54, 1.807) is 0 Å². The Morgan fingerprint density at radius 1 is 0.375 bits per heavy atom. The topological polar surface area (TPSA) is 63.6 Å². The van der Waals surface area contributed by atoms with Gasteiger partial charge in [-0.3, -0.25) is 0 Å². The van der Waals surface area contributed by atoms with Crippen LogP contribution < -0.4 is 39.5 Å². The molecule has 3 fully saturated rings. The molecule has 0 amide bonds. The number of nitrogens with one attached hydrogen (secondary N) is 4. The monoisotopic (exact) mass is 753 g/mol. The van der Waals surface area contributed by atoms with Crippen LogP contribution >= 0.6 is 0 Å². The van der Waals surface area contributed by atoms with Crippen molar-refractivity contribution in [3.8, 4) is 0 Å². The molecule has 0 aliphatic carbocycles. The van der Waals surface area contributed by atoms with Crippen LogP contribution in [0, 0.1) is 0 Å². The van der Waals surface area contributed by atoms with E-state index in [0.717, 1.165) is 51.9 Å². The van der Waals surface area contributed by atoms with Crippen LogP contribution in [0.15, 0.2) is 122 Å². The lowest BCUT2D eigenvalue weighted by molar-refractivity contribution is -0.702. The fraction of sp³-hybridized carbons (Fsp3) is 0.500. The SMILES string of the molecule is CC[n+]1ccccc1C1C2C=CC(N2)C(c2cccc[n+]2CC)C2CCC(N2)C(c2cccc[n+]2CC)C2C=CC(N2)C(c2cccc[n+]2CC)C2CCC1N2. The maximum absolute atomic E-state index is 4.40. The quantitative estimate of drug-likeness (QED) is 0.159. The number of hydrogen-bond acceptors (Lipinski definition) is 4. The maximum Gasteiger partial charge on any atom is 0.187 e. The van der Waals surface area contributed by atoms with Crippen LogP contribution in [0.2, 0.25) is 0 Å². The van der Waals surface area contributed by atoms with Crippen molar-refractivity contribution in [2.75, 3.05) is 0 Å². The summed E-state index contributed by atoms with van der Waals surface area (Å²) >= 11 is 0. The van der Waals surface area contributed by atoms with E-state index >= 15 is 0 Å². The van der Waals surface area contributed by atoms with Crippen molar-refractivity contribution in [1.82, 2.24) is 21.3 Å². The molecule has 9 rings (SSSR count). The molecule has 5 aliphatic rings. The fourth-order valence-corrected chi connectivity index (χ4v) is 11.7. The third-order valence-electron chi connectivity index (χ3n) is 14.2. The van der Waals surface area contributed by atoms with E-state index in [9.17, 15) is 0 Å². The molecule has 4 aromatic heterocycles. The number of hydrogen-bond donors (Lipinski definition) is 4. The van der Waals surface area contributed by atoms with E-state index in [-0.39, 0.29) is 47.8 Å².